The van der Waals surface area contributed by atoms with Gasteiger partial charge in [-0.3, -0.25) is 0 Å². The van der Waals surface area contributed by atoms with E-state index in [1.165, 1.54) is 11.3 Å². The number of methoxy groups -OCH3 is 1. The van der Waals surface area contributed by atoms with Crippen molar-refractivity contribution >= 4 is 16.3 Å². The van der Waals surface area contributed by atoms with Crippen molar-refractivity contribution in [1.82, 2.24) is 19.8 Å². The normalized spacial score (nSPS) is 13.4. The number of ether oxygens (including phenoxy) is 1. The number of nitrogens with two attached hydrogens (primary N) is 1. The number of nitrogens with zero attached hydrogens (tertiary/aromatic N) is 4. The Kier molecular flexibility index (Phi) is 3.47. The molecule has 7 heteroatoms. The summed E-state index contributed by atoms with van der Waals surface area (Å²) >= 11 is 1.49. The van der Waals surface area contributed by atoms with E-state index < -0.39 is 0 Å². The summed E-state index contributed by atoms with van der Waals surface area (Å²) in [6, 6.07) is -0.00732. The Labute approximate surface area is 97.4 Å². The van der Waals surface area contributed by atoms with E-state index in [9.17, 15) is 0 Å². The molecule has 0 aliphatic rings. The molecule has 1 atom stereocenters. The molecular weight excluding hydrogens is 226 g/mol. The van der Waals surface area contributed by atoms with Crippen molar-refractivity contribution in [2.75, 3.05) is 7.11 Å². The fourth-order valence-electron chi connectivity index (χ4n) is 1.48. The van der Waals surface area contributed by atoms with Crippen LogP contribution in [0.15, 0.2) is 0 Å². The Balaban J connectivity index is 2.29. The molecule has 0 radical (unpaired) electrons. The fourth-order valence-corrected chi connectivity index (χ4v) is 2.37. The molecule has 0 saturated heterocycles. The molecule has 2 rings (SSSR count). The van der Waals surface area contributed by atoms with Crippen LogP contribution in [-0.2, 0) is 11.3 Å². The van der Waals surface area contributed by atoms with Crippen LogP contribution in [0.4, 0.5) is 0 Å². The topological polar surface area (TPSA) is 78.3 Å². The SMILES string of the molecule is CCCC(N)c1nn2c(COC)nnc2s1. The Morgan fingerprint density at radius 3 is 3.00 bits per heavy atom. The van der Waals surface area contributed by atoms with E-state index in [2.05, 4.69) is 22.2 Å². The van der Waals surface area contributed by atoms with Crippen LogP contribution in [0.25, 0.3) is 4.96 Å². The lowest BCUT2D eigenvalue weighted by Crippen LogP contribution is -2.10. The van der Waals surface area contributed by atoms with Crippen molar-refractivity contribution in [2.45, 2.75) is 32.4 Å². The van der Waals surface area contributed by atoms with E-state index in [0.717, 1.165) is 22.8 Å². The van der Waals surface area contributed by atoms with E-state index in [0.29, 0.717) is 12.4 Å². The molecule has 0 saturated carbocycles. The van der Waals surface area contributed by atoms with Crippen LogP contribution in [-0.4, -0.2) is 26.9 Å². The minimum absolute atomic E-state index is 0.00732. The van der Waals surface area contributed by atoms with E-state index >= 15 is 0 Å². The van der Waals surface area contributed by atoms with Crippen LogP contribution in [0, 0.1) is 0 Å². The van der Waals surface area contributed by atoms with E-state index in [1.807, 2.05) is 0 Å². The first-order valence-electron chi connectivity index (χ1n) is 5.21. The standard InChI is InChI=1S/C9H15N5OS/c1-3-4-6(10)8-13-14-7(5-15-2)11-12-9(14)16-8/h6H,3-5,10H2,1-2H3. The molecule has 6 nitrogen and oxygen atoms in total. The summed E-state index contributed by atoms with van der Waals surface area (Å²) in [7, 11) is 1.62. The quantitative estimate of drug-likeness (QED) is 0.849. The molecule has 2 aromatic heterocycles. The largest absolute Gasteiger partial charge is 0.377 e. The maximum atomic E-state index is 6.01. The number of rotatable bonds is 5. The molecule has 0 fully saturated rings. The van der Waals surface area contributed by atoms with Crippen molar-refractivity contribution in [3.63, 3.8) is 0 Å². The Bertz CT molecular complexity index is 465. The third-order valence-electron chi connectivity index (χ3n) is 2.26. The first kappa shape index (κ1) is 11.4. The van der Waals surface area contributed by atoms with Crippen molar-refractivity contribution in [3.05, 3.63) is 10.8 Å². The van der Waals surface area contributed by atoms with E-state index in [4.69, 9.17) is 10.5 Å². The van der Waals surface area contributed by atoms with Gasteiger partial charge in [0.15, 0.2) is 5.82 Å². The lowest BCUT2D eigenvalue weighted by molar-refractivity contribution is 0.176. The highest BCUT2D eigenvalue weighted by Gasteiger charge is 2.15. The van der Waals surface area contributed by atoms with Gasteiger partial charge in [-0.05, 0) is 6.42 Å². The van der Waals surface area contributed by atoms with Crippen LogP contribution >= 0.6 is 11.3 Å². The molecular formula is C9H15N5OS. The summed E-state index contributed by atoms with van der Waals surface area (Å²) in [5.74, 6) is 0.712. The molecule has 2 N–H and O–H groups in total. The third kappa shape index (κ3) is 2.06. The van der Waals surface area contributed by atoms with Crippen LogP contribution in [0.5, 0.6) is 0 Å². The zero-order chi connectivity index (χ0) is 11.5. The van der Waals surface area contributed by atoms with Crippen LogP contribution in [0.3, 0.4) is 0 Å². The van der Waals surface area contributed by atoms with Gasteiger partial charge in [0.25, 0.3) is 0 Å². The van der Waals surface area contributed by atoms with Crippen LogP contribution in [0.1, 0.15) is 36.6 Å². The second kappa shape index (κ2) is 4.86. The van der Waals surface area contributed by atoms with Crippen molar-refractivity contribution in [3.8, 4) is 0 Å². The van der Waals surface area contributed by atoms with Crippen LogP contribution < -0.4 is 5.73 Å². The highest BCUT2D eigenvalue weighted by Crippen LogP contribution is 2.22. The second-order valence-electron chi connectivity index (χ2n) is 3.58. The Hall–Kier alpha value is -1.05. The van der Waals surface area contributed by atoms with Gasteiger partial charge in [-0.2, -0.15) is 9.61 Å². The lowest BCUT2D eigenvalue weighted by atomic mass is 10.2. The van der Waals surface area contributed by atoms with E-state index in [-0.39, 0.29) is 6.04 Å². The van der Waals surface area contributed by atoms with Crippen LogP contribution in [0.2, 0.25) is 0 Å². The number of hydrogen-bond acceptors (Lipinski definition) is 6. The smallest absolute Gasteiger partial charge is 0.234 e. The van der Waals surface area contributed by atoms with Crippen molar-refractivity contribution in [2.24, 2.45) is 5.73 Å². The maximum absolute atomic E-state index is 6.01. The molecule has 0 spiro atoms. The molecule has 0 bridgehead atoms. The Morgan fingerprint density at radius 1 is 1.50 bits per heavy atom. The predicted octanol–water partition coefficient (Wildman–Crippen LogP) is 1.13. The molecule has 0 aromatic carbocycles. The minimum Gasteiger partial charge on any atom is -0.377 e. The van der Waals surface area contributed by atoms with Gasteiger partial charge in [-0.25, -0.2) is 0 Å². The molecule has 0 amide bonds. The van der Waals surface area contributed by atoms with Gasteiger partial charge in [0.1, 0.15) is 11.6 Å². The molecule has 2 aromatic rings. The van der Waals surface area contributed by atoms with Gasteiger partial charge in [0, 0.05) is 7.11 Å². The molecule has 16 heavy (non-hydrogen) atoms. The third-order valence-corrected chi connectivity index (χ3v) is 3.29. The summed E-state index contributed by atoms with van der Waals surface area (Å²) in [5, 5.41) is 13.3. The van der Waals surface area contributed by atoms with Gasteiger partial charge in [0.05, 0.1) is 6.04 Å². The van der Waals surface area contributed by atoms with Crippen molar-refractivity contribution < 1.29 is 4.74 Å². The zero-order valence-electron chi connectivity index (χ0n) is 9.38. The van der Waals surface area contributed by atoms with Gasteiger partial charge >= 0.3 is 0 Å². The monoisotopic (exact) mass is 241 g/mol. The molecule has 2 heterocycles. The van der Waals surface area contributed by atoms with Crippen molar-refractivity contribution in [1.29, 1.82) is 0 Å². The molecule has 0 aliphatic carbocycles. The molecule has 1 unspecified atom stereocenters. The maximum Gasteiger partial charge on any atom is 0.234 e. The average molecular weight is 241 g/mol. The minimum atomic E-state index is -0.00732. The number of fused-ring (bicyclic) bond motifs is 1. The molecule has 0 aliphatic heterocycles. The summed E-state index contributed by atoms with van der Waals surface area (Å²) in [5.41, 5.74) is 6.01. The highest BCUT2D eigenvalue weighted by molar-refractivity contribution is 7.16. The number of aromatic nitrogens is 4. The lowest BCUT2D eigenvalue weighted by Gasteiger charge is -2.03. The van der Waals surface area contributed by atoms with Gasteiger partial charge in [-0.1, -0.05) is 24.7 Å². The second-order valence-corrected chi connectivity index (χ2v) is 4.57. The fraction of sp³-hybridized carbons (Fsp3) is 0.667. The summed E-state index contributed by atoms with van der Waals surface area (Å²) in [6.45, 7) is 2.52. The Morgan fingerprint density at radius 2 is 2.31 bits per heavy atom. The summed E-state index contributed by atoms with van der Waals surface area (Å²) in [4.78, 5) is 0.772. The first-order valence-corrected chi connectivity index (χ1v) is 6.03. The average Bonchev–Trinajstić information content (AvgIpc) is 2.81. The summed E-state index contributed by atoms with van der Waals surface area (Å²) in [6.07, 6.45) is 1.98. The zero-order valence-corrected chi connectivity index (χ0v) is 10.2. The predicted molar refractivity (Wildman–Crippen MR) is 61.2 cm³/mol. The van der Waals surface area contributed by atoms with E-state index in [1.54, 1.807) is 11.6 Å². The number of hydrogen-bond donors (Lipinski definition) is 1. The van der Waals surface area contributed by atoms with Gasteiger partial charge in [-0.15, -0.1) is 10.2 Å². The first-order chi connectivity index (χ1) is 7.76. The summed E-state index contributed by atoms with van der Waals surface area (Å²) < 4.78 is 6.73. The van der Waals surface area contributed by atoms with Gasteiger partial charge < -0.3 is 10.5 Å². The molecule has 88 valence electrons. The highest BCUT2D eigenvalue weighted by atomic mass is 32.1. The van der Waals surface area contributed by atoms with Gasteiger partial charge in [0.2, 0.25) is 4.96 Å².